The van der Waals surface area contributed by atoms with Crippen LogP contribution in [0.4, 0.5) is 0 Å². The Morgan fingerprint density at radius 1 is 1.05 bits per heavy atom. The second kappa shape index (κ2) is 8.25. The molecule has 2 aliphatic rings. The quantitative estimate of drug-likeness (QED) is 0.456. The average Bonchev–Trinajstić information content (AvgIpc) is 2.44. The Kier molecular flexibility index (Phi) is 6.64. The van der Waals surface area contributed by atoms with E-state index in [4.69, 9.17) is 4.74 Å². The molecule has 122 valence electrons. The minimum absolute atomic E-state index is 0.486. The molecule has 1 nitrogen and oxygen atoms in total. The maximum Gasteiger partial charge on any atom is 0.101 e. The summed E-state index contributed by atoms with van der Waals surface area (Å²) in [4.78, 5) is 0. The minimum Gasteiger partial charge on any atom is -0.498 e. The second-order valence-corrected chi connectivity index (χ2v) is 7.70. The summed E-state index contributed by atoms with van der Waals surface area (Å²) >= 11 is 0. The molecule has 1 heteroatoms. The zero-order valence-corrected chi connectivity index (χ0v) is 14.6. The van der Waals surface area contributed by atoms with Gasteiger partial charge in [-0.15, -0.1) is 0 Å². The van der Waals surface area contributed by atoms with Gasteiger partial charge in [-0.2, -0.15) is 0 Å². The third-order valence-electron chi connectivity index (χ3n) is 5.93. The van der Waals surface area contributed by atoms with E-state index in [1.54, 1.807) is 5.57 Å². The molecular weight excluding hydrogens is 256 g/mol. The summed E-state index contributed by atoms with van der Waals surface area (Å²) in [6.07, 6.45) is 18.7. The van der Waals surface area contributed by atoms with Gasteiger partial charge >= 0.3 is 0 Å². The molecule has 0 N–H and O–H groups in total. The molecular formula is C20H36O. The number of unbranched alkanes of at least 4 members (excludes halogenated alkanes) is 1. The van der Waals surface area contributed by atoms with Crippen molar-refractivity contribution in [2.45, 2.75) is 104 Å². The van der Waals surface area contributed by atoms with Crippen LogP contribution in [0, 0.1) is 11.3 Å². The Bertz CT molecular complexity index is 327. The minimum atomic E-state index is 0.486. The van der Waals surface area contributed by atoms with Crippen molar-refractivity contribution in [3.05, 3.63) is 11.8 Å². The van der Waals surface area contributed by atoms with E-state index in [1.165, 1.54) is 77.0 Å². The molecule has 2 aliphatic carbocycles. The SMILES string of the molecule is CCCCC(C)(CCC)C1CCCCC1OC=C1CCC1. The first kappa shape index (κ1) is 16.9. The molecule has 0 aromatic carbocycles. The number of hydrogen-bond acceptors (Lipinski definition) is 1. The van der Waals surface area contributed by atoms with Crippen molar-refractivity contribution in [1.82, 2.24) is 0 Å². The lowest BCUT2D eigenvalue weighted by molar-refractivity contribution is -0.0251. The molecule has 0 bridgehead atoms. The molecule has 2 saturated carbocycles. The van der Waals surface area contributed by atoms with Gasteiger partial charge in [-0.25, -0.2) is 0 Å². The van der Waals surface area contributed by atoms with Crippen molar-refractivity contribution < 1.29 is 4.74 Å². The van der Waals surface area contributed by atoms with Gasteiger partial charge in [-0.3, -0.25) is 0 Å². The largest absolute Gasteiger partial charge is 0.498 e. The van der Waals surface area contributed by atoms with Gasteiger partial charge in [-0.05, 0) is 62.4 Å². The Hall–Kier alpha value is -0.460. The predicted molar refractivity (Wildman–Crippen MR) is 91.3 cm³/mol. The van der Waals surface area contributed by atoms with Crippen LogP contribution in [-0.2, 0) is 4.74 Å². The topological polar surface area (TPSA) is 9.23 Å². The van der Waals surface area contributed by atoms with Crippen molar-refractivity contribution in [3.8, 4) is 0 Å². The van der Waals surface area contributed by atoms with Gasteiger partial charge in [-0.1, -0.05) is 46.5 Å². The van der Waals surface area contributed by atoms with E-state index in [2.05, 4.69) is 27.0 Å². The van der Waals surface area contributed by atoms with Crippen LogP contribution in [0.2, 0.25) is 0 Å². The first-order chi connectivity index (χ1) is 10.2. The average molecular weight is 293 g/mol. The van der Waals surface area contributed by atoms with Gasteiger partial charge in [0.1, 0.15) is 6.10 Å². The number of ether oxygens (including phenoxy) is 1. The predicted octanol–water partition coefficient (Wildman–Crippen LogP) is 6.63. The van der Waals surface area contributed by atoms with Crippen LogP contribution in [0.15, 0.2) is 11.8 Å². The summed E-state index contributed by atoms with van der Waals surface area (Å²) in [6, 6.07) is 0. The van der Waals surface area contributed by atoms with Gasteiger partial charge in [0.15, 0.2) is 0 Å². The summed E-state index contributed by atoms with van der Waals surface area (Å²) in [6.45, 7) is 7.22. The lowest BCUT2D eigenvalue weighted by atomic mass is 9.64. The molecule has 0 spiro atoms. The van der Waals surface area contributed by atoms with Crippen LogP contribution in [0.5, 0.6) is 0 Å². The summed E-state index contributed by atoms with van der Waals surface area (Å²) in [5.74, 6) is 0.773. The van der Waals surface area contributed by atoms with E-state index in [1.807, 2.05) is 0 Å². The van der Waals surface area contributed by atoms with Crippen LogP contribution in [-0.4, -0.2) is 6.10 Å². The molecule has 2 fully saturated rings. The monoisotopic (exact) mass is 292 g/mol. The molecule has 0 amide bonds. The molecule has 3 atom stereocenters. The van der Waals surface area contributed by atoms with Crippen molar-refractivity contribution in [2.24, 2.45) is 11.3 Å². The maximum absolute atomic E-state index is 6.31. The highest BCUT2D eigenvalue weighted by molar-refractivity contribution is 5.06. The van der Waals surface area contributed by atoms with Gasteiger partial charge < -0.3 is 4.74 Å². The van der Waals surface area contributed by atoms with E-state index in [0.717, 1.165) is 5.92 Å². The zero-order chi connectivity index (χ0) is 15.1. The van der Waals surface area contributed by atoms with E-state index < -0.39 is 0 Å². The molecule has 0 radical (unpaired) electrons. The highest BCUT2D eigenvalue weighted by Gasteiger charge is 2.40. The maximum atomic E-state index is 6.31. The number of hydrogen-bond donors (Lipinski definition) is 0. The lowest BCUT2D eigenvalue weighted by Crippen LogP contribution is -2.39. The number of rotatable bonds is 8. The van der Waals surface area contributed by atoms with Gasteiger partial charge in [0, 0.05) is 5.92 Å². The Balaban J connectivity index is 2.02. The Morgan fingerprint density at radius 2 is 1.81 bits per heavy atom. The molecule has 3 unspecified atom stereocenters. The van der Waals surface area contributed by atoms with Crippen molar-refractivity contribution in [3.63, 3.8) is 0 Å². The van der Waals surface area contributed by atoms with Crippen molar-refractivity contribution in [1.29, 1.82) is 0 Å². The smallest absolute Gasteiger partial charge is 0.101 e. The van der Waals surface area contributed by atoms with Gasteiger partial charge in [0.25, 0.3) is 0 Å². The van der Waals surface area contributed by atoms with Crippen LogP contribution in [0.1, 0.15) is 97.8 Å². The molecule has 0 aliphatic heterocycles. The summed E-state index contributed by atoms with van der Waals surface area (Å²) in [7, 11) is 0. The van der Waals surface area contributed by atoms with Crippen LogP contribution in [0.25, 0.3) is 0 Å². The molecule has 0 aromatic rings. The van der Waals surface area contributed by atoms with Crippen LogP contribution < -0.4 is 0 Å². The fraction of sp³-hybridized carbons (Fsp3) is 0.900. The van der Waals surface area contributed by atoms with Gasteiger partial charge in [0.2, 0.25) is 0 Å². The first-order valence-electron chi connectivity index (χ1n) is 9.53. The molecule has 21 heavy (non-hydrogen) atoms. The van der Waals surface area contributed by atoms with E-state index in [9.17, 15) is 0 Å². The molecule has 2 rings (SSSR count). The van der Waals surface area contributed by atoms with Crippen molar-refractivity contribution in [2.75, 3.05) is 0 Å². The number of allylic oxidation sites excluding steroid dienone is 1. The summed E-state index contributed by atoms with van der Waals surface area (Å²) in [5, 5.41) is 0. The van der Waals surface area contributed by atoms with Crippen molar-refractivity contribution >= 4 is 0 Å². The lowest BCUT2D eigenvalue weighted by Gasteiger charge is -2.44. The summed E-state index contributed by atoms with van der Waals surface area (Å²) < 4.78 is 6.31. The Morgan fingerprint density at radius 3 is 2.43 bits per heavy atom. The van der Waals surface area contributed by atoms with E-state index in [-0.39, 0.29) is 0 Å². The van der Waals surface area contributed by atoms with Crippen LogP contribution in [0.3, 0.4) is 0 Å². The second-order valence-electron chi connectivity index (χ2n) is 7.70. The molecule has 0 saturated heterocycles. The fourth-order valence-electron chi connectivity index (χ4n) is 4.39. The highest BCUT2D eigenvalue weighted by Crippen LogP contribution is 2.46. The zero-order valence-electron chi connectivity index (χ0n) is 14.6. The van der Waals surface area contributed by atoms with E-state index in [0.29, 0.717) is 11.5 Å². The Labute approximate surface area is 132 Å². The third kappa shape index (κ3) is 4.50. The first-order valence-corrected chi connectivity index (χ1v) is 9.53. The third-order valence-corrected chi connectivity index (χ3v) is 5.93. The highest BCUT2D eigenvalue weighted by atomic mass is 16.5. The fourth-order valence-corrected chi connectivity index (χ4v) is 4.39. The van der Waals surface area contributed by atoms with Gasteiger partial charge in [0.05, 0.1) is 6.26 Å². The normalized spacial score (nSPS) is 28.6. The summed E-state index contributed by atoms with van der Waals surface area (Å²) in [5.41, 5.74) is 2.04. The molecule has 0 heterocycles. The van der Waals surface area contributed by atoms with Crippen LogP contribution >= 0.6 is 0 Å². The molecule has 0 aromatic heterocycles. The standard InChI is InChI=1S/C20H36O/c1-4-6-15-20(3,14-5-2)18-12-7-8-13-19(18)21-16-17-10-9-11-17/h16,18-19H,4-15H2,1-3H3. The van der Waals surface area contributed by atoms with E-state index >= 15 is 0 Å².